The van der Waals surface area contributed by atoms with Crippen LogP contribution in [0, 0.1) is 0 Å². The van der Waals surface area contributed by atoms with E-state index in [1.807, 2.05) is 0 Å². The molecular weight excluding hydrogens is 188 g/mol. The predicted molar refractivity (Wildman–Crippen MR) is 46.9 cm³/mol. The van der Waals surface area contributed by atoms with E-state index in [1.54, 1.807) is 0 Å². The molecule has 1 aliphatic heterocycles. The maximum atomic E-state index is 11.5. The van der Waals surface area contributed by atoms with Crippen LogP contribution in [0.25, 0.3) is 0 Å². The quantitative estimate of drug-likeness (QED) is 0.581. The Kier molecular flexibility index (Phi) is 2.77. The molecular formula is C8H14N2O4. The fraction of sp³-hybridized carbons (Fsp3) is 0.750. The summed E-state index contributed by atoms with van der Waals surface area (Å²) in [7, 11) is 0. The molecule has 14 heavy (non-hydrogen) atoms. The van der Waals surface area contributed by atoms with Gasteiger partial charge in [0, 0.05) is 0 Å². The maximum Gasteiger partial charge on any atom is 0.331 e. The standard InChI is InChI=1S/C8H14N2O4/c1-4-7(13)10(6(3)12)8(14)9(4)5(2)11/h4-6,11-12H,1-3H3. The summed E-state index contributed by atoms with van der Waals surface area (Å²) >= 11 is 0. The van der Waals surface area contributed by atoms with Crippen molar-refractivity contribution in [2.24, 2.45) is 0 Å². The number of aliphatic hydroxyl groups excluding tert-OH is 2. The summed E-state index contributed by atoms with van der Waals surface area (Å²) < 4.78 is 0. The first-order chi connectivity index (χ1) is 6.37. The summed E-state index contributed by atoms with van der Waals surface area (Å²) in [5.41, 5.74) is 0. The van der Waals surface area contributed by atoms with Crippen LogP contribution in [-0.4, -0.2) is 50.4 Å². The van der Waals surface area contributed by atoms with E-state index in [9.17, 15) is 19.8 Å². The van der Waals surface area contributed by atoms with Gasteiger partial charge in [-0.3, -0.25) is 9.69 Å². The molecule has 0 bridgehead atoms. The van der Waals surface area contributed by atoms with Gasteiger partial charge >= 0.3 is 6.03 Å². The van der Waals surface area contributed by atoms with Crippen LogP contribution in [0.15, 0.2) is 0 Å². The number of imide groups is 1. The van der Waals surface area contributed by atoms with Crippen LogP contribution in [0.2, 0.25) is 0 Å². The minimum absolute atomic E-state index is 0.495. The molecule has 0 aromatic carbocycles. The van der Waals surface area contributed by atoms with Gasteiger partial charge in [0.25, 0.3) is 5.91 Å². The van der Waals surface area contributed by atoms with Crippen molar-refractivity contribution in [1.29, 1.82) is 0 Å². The van der Waals surface area contributed by atoms with E-state index < -0.39 is 30.4 Å². The van der Waals surface area contributed by atoms with Gasteiger partial charge < -0.3 is 10.2 Å². The molecule has 1 rings (SSSR count). The molecule has 6 heteroatoms. The first kappa shape index (κ1) is 10.9. The summed E-state index contributed by atoms with van der Waals surface area (Å²) in [6.07, 6.45) is -2.20. The van der Waals surface area contributed by atoms with Crippen LogP contribution in [0.1, 0.15) is 20.8 Å². The molecule has 1 aliphatic rings. The number of carbonyl (C=O) groups is 2. The van der Waals surface area contributed by atoms with Crippen LogP contribution in [0.4, 0.5) is 4.79 Å². The Labute approximate surface area is 81.7 Å². The van der Waals surface area contributed by atoms with Gasteiger partial charge in [0.1, 0.15) is 18.5 Å². The van der Waals surface area contributed by atoms with Crippen LogP contribution in [0.5, 0.6) is 0 Å². The Morgan fingerprint density at radius 3 is 1.93 bits per heavy atom. The summed E-state index contributed by atoms with van der Waals surface area (Å²) in [6, 6.07) is -1.38. The monoisotopic (exact) mass is 202 g/mol. The van der Waals surface area contributed by atoms with Crippen LogP contribution < -0.4 is 0 Å². The molecule has 80 valence electrons. The van der Waals surface area contributed by atoms with E-state index >= 15 is 0 Å². The number of urea groups is 1. The second-order valence-corrected chi connectivity index (χ2v) is 3.34. The molecule has 0 aromatic heterocycles. The fourth-order valence-electron chi connectivity index (χ4n) is 1.53. The SMILES string of the molecule is CC(O)N1C(=O)C(C)N(C(C)O)C1=O. The van der Waals surface area contributed by atoms with Crippen molar-refractivity contribution < 1.29 is 19.8 Å². The van der Waals surface area contributed by atoms with Crippen molar-refractivity contribution in [1.82, 2.24) is 9.80 Å². The molecule has 1 heterocycles. The van der Waals surface area contributed by atoms with Gasteiger partial charge in [-0.15, -0.1) is 0 Å². The normalized spacial score (nSPS) is 27.1. The van der Waals surface area contributed by atoms with E-state index in [-0.39, 0.29) is 0 Å². The highest BCUT2D eigenvalue weighted by Gasteiger charge is 2.45. The number of rotatable bonds is 2. The average Bonchev–Trinajstić information content (AvgIpc) is 2.23. The van der Waals surface area contributed by atoms with Gasteiger partial charge in [-0.25, -0.2) is 9.69 Å². The minimum atomic E-state index is -1.17. The zero-order chi connectivity index (χ0) is 11.0. The third-order valence-electron chi connectivity index (χ3n) is 2.22. The van der Waals surface area contributed by atoms with E-state index in [4.69, 9.17) is 0 Å². The molecule has 2 N–H and O–H groups in total. The van der Waals surface area contributed by atoms with Crippen molar-refractivity contribution in [2.45, 2.75) is 39.3 Å². The third kappa shape index (κ3) is 1.46. The summed E-state index contributed by atoms with van der Waals surface area (Å²) in [4.78, 5) is 24.7. The highest BCUT2D eigenvalue weighted by atomic mass is 16.3. The molecule has 0 aliphatic carbocycles. The lowest BCUT2D eigenvalue weighted by atomic mass is 10.3. The number of hydrogen-bond donors (Lipinski definition) is 2. The number of nitrogens with zero attached hydrogens (tertiary/aromatic N) is 2. The topological polar surface area (TPSA) is 81.1 Å². The molecule has 3 unspecified atom stereocenters. The molecule has 1 fully saturated rings. The third-order valence-corrected chi connectivity index (χ3v) is 2.22. The van der Waals surface area contributed by atoms with Gasteiger partial charge in [0.05, 0.1) is 0 Å². The number of hydrogen-bond acceptors (Lipinski definition) is 4. The van der Waals surface area contributed by atoms with Gasteiger partial charge in [0.15, 0.2) is 0 Å². The lowest BCUT2D eigenvalue weighted by Gasteiger charge is -2.22. The largest absolute Gasteiger partial charge is 0.374 e. The zero-order valence-electron chi connectivity index (χ0n) is 8.34. The van der Waals surface area contributed by atoms with Crippen molar-refractivity contribution >= 4 is 11.9 Å². The van der Waals surface area contributed by atoms with Gasteiger partial charge in [-0.1, -0.05) is 0 Å². The van der Waals surface area contributed by atoms with E-state index in [1.165, 1.54) is 20.8 Å². The maximum absolute atomic E-state index is 11.5. The van der Waals surface area contributed by atoms with Crippen molar-refractivity contribution in [3.63, 3.8) is 0 Å². The Bertz CT molecular complexity index is 264. The lowest BCUT2D eigenvalue weighted by molar-refractivity contribution is -0.134. The van der Waals surface area contributed by atoms with Crippen molar-refractivity contribution in [3.05, 3.63) is 0 Å². The van der Waals surface area contributed by atoms with Gasteiger partial charge in [0.2, 0.25) is 0 Å². The molecule has 0 saturated carbocycles. The second kappa shape index (κ2) is 3.55. The molecule has 0 spiro atoms. The Morgan fingerprint density at radius 1 is 1.21 bits per heavy atom. The van der Waals surface area contributed by atoms with Gasteiger partial charge in [-0.05, 0) is 20.8 Å². The lowest BCUT2D eigenvalue weighted by Crippen LogP contribution is -2.42. The molecule has 3 atom stereocenters. The molecule has 3 amide bonds. The number of carbonyl (C=O) groups excluding carboxylic acids is 2. The van der Waals surface area contributed by atoms with E-state index in [2.05, 4.69) is 0 Å². The van der Waals surface area contributed by atoms with Crippen LogP contribution in [-0.2, 0) is 4.79 Å². The summed E-state index contributed by atoms with van der Waals surface area (Å²) in [5.74, 6) is -0.495. The van der Waals surface area contributed by atoms with Crippen molar-refractivity contribution in [3.8, 4) is 0 Å². The van der Waals surface area contributed by atoms with Crippen LogP contribution in [0.3, 0.4) is 0 Å². The summed E-state index contributed by atoms with van der Waals surface area (Å²) in [6.45, 7) is 4.23. The second-order valence-electron chi connectivity index (χ2n) is 3.34. The molecule has 6 nitrogen and oxygen atoms in total. The Hall–Kier alpha value is -1.14. The highest BCUT2D eigenvalue weighted by Crippen LogP contribution is 2.20. The number of aliphatic hydroxyl groups is 2. The molecule has 1 saturated heterocycles. The smallest absolute Gasteiger partial charge is 0.331 e. The van der Waals surface area contributed by atoms with Crippen LogP contribution >= 0.6 is 0 Å². The Balaban J connectivity index is 2.97. The van der Waals surface area contributed by atoms with Gasteiger partial charge in [-0.2, -0.15) is 0 Å². The average molecular weight is 202 g/mol. The zero-order valence-corrected chi connectivity index (χ0v) is 8.34. The molecule has 0 radical (unpaired) electrons. The van der Waals surface area contributed by atoms with E-state index in [0.717, 1.165) is 9.80 Å². The highest BCUT2D eigenvalue weighted by molar-refractivity contribution is 6.04. The number of amides is 3. The molecule has 0 aromatic rings. The fourth-order valence-corrected chi connectivity index (χ4v) is 1.53. The van der Waals surface area contributed by atoms with Crippen molar-refractivity contribution in [2.75, 3.05) is 0 Å². The first-order valence-corrected chi connectivity index (χ1v) is 4.39. The predicted octanol–water partition coefficient (Wildman–Crippen LogP) is -0.684. The first-order valence-electron chi connectivity index (χ1n) is 4.39. The Morgan fingerprint density at radius 2 is 1.71 bits per heavy atom. The summed E-state index contributed by atoms with van der Waals surface area (Å²) in [5, 5.41) is 18.4. The van der Waals surface area contributed by atoms with E-state index in [0.29, 0.717) is 0 Å². The minimum Gasteiger partial charge on any atom is -0.374 e.